The topological polar surface area (TPSA) is 78.4 Å². The van der Waals surface area contributed by atoms with E-state index in [9.17, 15) is 9.59 Å². The van der Waals surface area contributed by atoms with Gasteiger partial charge in [0.05, 0.1) is 0 Å². The minimum Gasteiger partial charge on any atom is -0.480 e. The molecule has 0 aliphatic heterocycles. The first-order valence-corrected chi connectivity index (χ1v) is 6.97. The highest BCUT2D eigenvalue weighted by atomic mass is 32.2. The van der Waals surface area contributed by atoms with Gasteiger partial charge >= 0.3 is 12.0 Å². The molecule has 0 bridgehead atoms. The summed E-state index contributed by atoms with van der Waals surface area (Å²) in [4.78, 5) is 22.3. The molecule has 0 fully saturated rings. The Balaban J connectivity index is 4.00. The number of carbonyl (C=O) groups is 2. The number of hydrogen-bond acceptors (Lipinski definition) is 3. The maximum Gasteiger partial charge on any atom is 0.327 e. The van der Waals surface area contributed by atoms with Crippen molar-refractivity contribution in [3.05, 3.63) is 0 Å². The van der Waals surface area contributed by atoms with E-state index in [2.05, 4.69) is 23.5 Å². The van der Waals surface area contributed by atoms with Crippen molar-refractivity contribution in [1.29, 1.82) is 0 Å². The van der Waals surface area contributed by atoms with Crippen molar-refractivity contribution >= 4 is 23.8 Å². The van der Waals surface area contributed by atoms with Crippen LogP contribution < -0.4 is 10.6 Å². The Morgan fingerprint density at radius 1 is 1.44 bits per heavy atom. The molecule has 0 radical (unpaired) electrons. The van der Waals surface area contributed by atoms with Crippen LogP contribution in [0.5, 0.6) is 0 Å². The first-order chi connectivity index (χ1) is 8.51. The number of rotatable bonds is 8. The van der Waals surface area contributed by atoms with E-state index in [4.69, 9.17) is 11.5 Å². The van der Waals surface area contributed by atoms with E-state index in [1.165, 1.54) is 0 Å². The van der Waals surface area contributed by atoms with E-state index in [0.29, 0.717) is 0 Å². The lowest BCUT2D eigenvalue weighted by atomic mass is 10.2. The molecule has 2 unspecified atom stereocenters. The summed E-state index contributed by atoms with van der Waals surface area (Å²) in [6, 6.07) is -1.52. The lowest BCUT2D eigenvalue weighted by molar-refractivity contribution is -0.139. The van der Waals surface area contributed by atoms with Gasteiger partial charge in [0.2, 0.25) is 0 Å². The van der Waals surface area contributed by atoms with E-state index in [0.717, 1.165) is 17.9 Å². The minimum absolute atomic E-state index is 0.00401. The summed E-state index contributed by atoms with van der Waals surface area (Å²) in [7, 11) is 0. The van der Waals surface area contributed by atoms with Crippen molar-refractivity contribution in [3.8, 4) is 12.3 Å². The van der Waals surface area contributed by atoms with Gasteiger partial charge in [-0.1, -0.05) is 6.92 Å². The molecule has 0 aliphatic carbocycles. The lowest BCUT2D eigenvalue weighted by Crippen LogP contribution is -2.48. The van der Waals surface area contributed by atoms with Gasteiger partial charge in [-0.2, -0.15) is 11.8 Å². The minimum atomic E-state index is -1.13. The second-order valence-corrected chi connectivity index (χ2v) is 5.20. The zero-order chi connectivity index (χ0) is 14.0. The molecule has 0 saturated heterocycles. The van der Waals surface area contributed by atoms with Crippen molar-refractivity contribution in [2.45, 2.75) is 38.8 Å². The molecule has 0 aliphatic rings. The van der Waals surface area contributed by atoms with Gasteiger partial charge in [0.1, 0.15) is 6.04 Å². The predicted octanol–water partition coefficient (Wildman–Crippen LogP) is 1.29. The number of amides is 2. The second kappa shape index (κ2) is 9.66. The fourth-order valence-corrected chi connectivity index (χ4v) is 2.03. The van der Waals surface area contributed by atoms with Crippen molar-refractivity contribution in [2.24, 2.45) is 0 Å². The summed E-state index contributed by atoms with van der Waals surface area (Å²) in [5.41, 5.74) is 0. The average molecular weight is 272 g/mol. The SMILES string of the molecule is C#CCC(NC(=O)NC(C)CCSCC)C(=O)O. The molecule has 5 nitrogen and oxygen atoms in total. The molecular formula is C12H20N2O3S. The molecule has 0 aromatic rings. The Morgan fingerprint density at radius 3 is 2.61 bits per heavy atom. The third-order valence-electron chi connectivity index (χ3n) is 2.20. The molecule has 0 saturated carbocycles. The highest BCUT2D eigenvalue weighted by Gasteiger charge is 2.19. The Morgan fingerprint density at radius 2 is 2.11 bits per heavy atom. The van der Waals surface area contributed by atoms with Crippen LogP contribution in [0.25, 0.3) is 0 Å². The van der Waals surface area contributed by atoms with Crippen LogP contribution in [0.2, 0.25) is 0 Å². The number of urea groups is 1. The average Bonchev–Trinajstić information content (AvgIpc) is 2.28. The Labute approximate surface area is 112 Å². The van der Waals surface area contributed by atoms with Crippen LogP contribution in [0.3, 0.4) is 0 Å². The highest BCUT2D eigenvalue weighted by molar-refractivity contribution is 7.99. The molecule has 0 spiro atoms. The number of nitrogens with one attached hydrogen (secondary N) is 2. The van der Waals surface area contributed by atoms with Gasteiger partial charge in [0, 0.05) is 12.5 Å². The van der Waals surface area contributed by atoms with E-state index >= 15 is 0 Å². The molecule has 0 rings (SSSR count). The number of hydrogen-bond donors (Lipinski definition) is 3. The number of aliphatic carboxylic acids is 1. The smallest absolute Gasteiger partial charge is 0.327 e. The Hall–Kier alpha value is -1.35. The first-order valence-electron chi connectivity index (χ1n) is 5.82. The monoisotopic (exact) mass is 272 g/mol. The van der Waals surface area contributed by atoms with Gasteiger partial charge in [-0.05, 0) is 24.9 Å². The summed E-state index contributed by atoms with van der Waals surface area (Å²) in [6.07, 6.45) is 5.86. The summed E-state index contributed by atoms with van der Waals surface area (Å²) < 4.78 is 0. The van der Waals surface area contributed by atoms with Gasteiger partial charge in [-0.3, -0.25) is 0 Å². The molecule has 2 amide bonds. The Kier molecular flexibility index (Phi) is 8.93. The number of carboxylic acids is 1. The third-order valence-corrected chi connectivity index (χ3v) is 3.13. The van der Waals surface area contributed by atoms with Crippen molar-refractivity contribution in [2.75, 3.05) is 11.5 Å². The van der Waals surface area contributed by atoms with E-state index < -0.39 is 18.0 Å². The summed E-state index contributed by atoms with van der Waals surface area (Å²) >= 11 is 1.80. The summed E-state index contributed by atoms with van der Waals surface area (Å²) in [5, 5.41) is 13.8. The standard InChI is InChI=1S/C12H20N2O3S/c1-4-6-10(11(15)16)14-12(17)13-9(3)7-8-18-5-2/h1,9-10H,5-8H2,2-3H3,(H,15,16)(H2,13,14,17). The quantitative estimate of drug-likeness (QED) is 0.459. The third kappa shape index (κ3) is 7.85. The Bertz CT molecular complexity index is 315. The van der Waals surface area contributed by atoms with Crippen LogP contribution in [0.15, 0.2) is 0 Å². The molecule has 102 valence electrons. The van der Waals surface area contributed by atoms with Crippen LogP contribution in [0, 0.1) is 12.3 Å². The fraction of sp³-hybridized carbons (Fsp3) is 0.667. The number of carbonyl (C=O) groups excluding carboxylic acids is 1. The van der Waals surface area contributed by atoms with Gasteiger partial charge < -0.3 is 15.7 Å². The van der Waals surface area contributed by atoms with Gasteiger partial charge in [-0.25, -0.2) is 9.59 Å². The van der Waals surface area contributed by atoms with E-state index in [1.54, 1.807) is 11.8 Å². The van der Waals surface area contributed by atoms with Gasteiger partial charge in [0.25, 0.3) is 0 Å². The lowest BCUT2D eigenvalue weighted by Gasteiger charge is -2.17. The van der Waals surface area contributed by atoms with Crippen LogP contribution in [-0.2, 0) is 4.79 Å². The van der Waals surface area contributed by atoms with Crippen molar-refractivity contribution in [3.63, 3.8) is 0 Å². The molecule has 3 N–H and O–H groups in total. The number of thioether (sulfide) groups is 1. The fourth-order valence-electron chi connectivity index (χ4n) is 1.22. The first kappa shape index (κ1) is 16.6. The molecule has 18 heavy (non-hydrogen) atoms. The maximum atomic E-state index is 11.5. The summed E-state index contributed by atoms with van der Waals surface area (Å²) in [6.45, 7) is 3.96. The molecular weight excluding hydrogens is 252 g/mol. The molecule has 0 aromatic heterocycles. The summed E-state index contributed by atoms with van der Waals surface area (Å²) in [5.74, 6) is 3.10. The van der Waals surface area contributed by atoms with Crippen LogP contribution in [-0.4, -0.2) is 40.7 Å². The predicted molar refractivity (Wildman–Crippen MR) is 73.6 cm³/mol. The largest absolute Gasteiger partial charge is 0.480 e. The van der Waals surface area contributed by atoms with Crippen molar-refractivity contribution in [1.82, 2.24) is 10.6 Å². The molecule has 6 heteroatoms. The van der Waals surface area contributed by atoms with E-state index in [-0.39, 0.29) is 12.5 Å². The number of terminal acetylenes is 1. The second-order valence-electron chi connectivity index (χ2n) is 3.80. The molecule has 2 atom stereocenters. The number of carboxylic acid groups (broad SMARTS) is 1. The zero-order valence-electron chi connectivity index (χ0n) is 10.7. The molecule has 0 heterocycles. The highest BCUT2D eigenvalue weighted by Crippen LogP contribution is 2.03. The van der Waals surface area contributed by atoms with E-state index in [1.807, 2.05) is 6.92 Å². The normalized spacial score (nSPS) is 13.2. The van der Waals surface area contributed by atoms with Crippen molar-refractivity contribution < 1.29 is 14.7 Å². The van der Waals surface area contributed by atoms with Crippen LogP contribution >= 0.6 is 11.8 Å². The van der Waals surface area contributed by atoms with Gasteiger partial charge in [-0.15, -0.1) is 12.3 Å². The van der Waals surface area contributed by atoms with Crippen LogP contribution in [0.1, 0.15) is 26.7 Å². The molecule has 0 aromatic carbocycles. The maximum absolute atomic E-state index is 11.5. The van der Waals surface area contributed by atoms with Gasteiger partial charge in [0.15, 0.2) is 0 Å². The zero-order valence-corrected chi connectivity index (χ0v) is 11.5. The van der Waals surface area contributed by atoms with Crippen LogP contribution in [0.4, 0.5) is 4.79 Å².